The van der Waals surface area contributed by atoms with Crippen molar-refractivity contribution in [3.63, 3.8) is 0 Å². The Kier molecular flexibility index (Phi) is 7.00. The third-order valence-corrected chi connectivity index (χ3v) is 4.31. The Hall–Kier alpha value is -1.84. The molecule has 134 valence electrons. The van der Waals surface area contributed by atoms with E-state index in [1.54, 1.807) is 0 Å². The van der Waals surface area contributed by atoms with Gasteiger partial charge in [-0.25, -0.2) is 9.59 Å². The topological polar surface area (TPSA) is 52.6 Å². The molecule has 4 nitrogen and oxygen atoms in total. The zero-order valence-corrected chi connectivity index (χ0v) is 16.2. The fraction of sp³-hybridized carbons (Fsp3) is 0.600. The van der Waals surface area contributed by atoms with Gasteiger partial charge in [-0.1, -0.05) is 27.7 Å². The van der Waals surface area contributed by atoms with Crippen LogP contribution in [0.4, 0.5) is 0 Å². The zero-order chi connectivity index (χ0) is 18.6. The number of hydrogen-bond acceptors (Lipinski definition) is 4. The highest BCUT2D eigenvalue weighted by Gasteiger charge is 2.29. The molecule has 0 saturated carbocycles. The molecule has 0 spiro atoms. The lowest BCUT2D eigenvalue weighted by molar-refractivity contribution is 0.0553. The van der Waals surface area contributed by atoms with E-state index in [-0.39, 0.29) is 0 Å². The van der Waals surface area contributed by atoms with Crippen LogP contribution in [-0.2, 0) is 22.3 Å². The van der Waals surface area contributed by atoms with Crippen LogP contribution in [0.5, 0.6) is 0 Å². The van der Waals surface area contributed by atoms with Gasteiger partial charge in [0, 0.05) is 0 Å². The van der Waals surface area contributed by atoms with Crippen molar-refractivity contribution in [2.75, 3.05) is 14.2 Å². The van der Waals surface area contributed by atoms with Crippen LogP contribution in [0.3, 0.4) is 0 Å². The van der Waals surface area contributed by atoms with Crippen molar-refractivity contribution in [3.05, 3.63) is 33.4 Å². The lowest BCUT2D eigenvalue weighted by atomic mass is 9.81. The van der Waals surface area contributed by atoms with Gasteiger partial charge in [0.25, 0.3) is 0 Å². The first-order chi connectivity index (χ1) is 11.1. The molecule has 0 unspecified atom stereocenters. The molecule has 0 heterocycles. The monoisotopic (exact) mass is 334 g/mol. The van der Waals surface area contributed by atoms with Crippen molar-refractivity contribution in [1.29, 1.82) is 0 Å². The number of methoxy groups -OCH3 is 2. The highest BCUT2D eigenvalue weighted by molar-refractivity contribution is 6.06. The average molecular weight is 334 g/mol. The maximum atomic E-state index is 12.5. The van der Waals surface area contributed by atoms with Crippen LogP contribution in [0.1, 0.15) is 70.7 Å². The lowest BCUT2D eigenvalue weighted by Crippen LogP contribution is -2.21. The first kappa shape index (κ1) is 20.2. The number of ether oxygens (including phenoxy) is 2. The largest absolute Gasteiger partial charge is 0.465 e. The predicted molar refractivity (Wildman–Crippen MR) is 95.7 cm³/mol. The zero-order valence-electron chi connectivity index (χ0n) is 16.2. The maximum Gasteiger partial charge on any atom is 0.339 e. The standard InChI is InChI=1S/C20H30O4/c1-11(2)9-15-13(5)14(6)17(19(21)23-7)18(20(22)24-8)16(15)10-12(3)4/h11-12H,9-10H2,1-8H3. The van der Waals surface area contributed by atoms with Crippen molar-refractivity contribution in [2.45, 2.75) is 54.4 Å². The van der Waals surface area contributed by atoms with Gasteiger partial charge in [-0.3, -0.25) is 0 Å². The number of esters is 2. The van der Waals surface area contributed by atoms with Crippen LogP contribution in [-0.4, -0.2) is 26.2 Å². The molecule has 0 aliphatic carbocycles. The van der Waals surface area contributed by atoms with E-state index in [1.807, 2.05) is 13.8 Å². The van der Waals surface area contributed by atoms with Crippen molar-refractivity contribution in [1.82, 2.24) is 0 Å². The van der Waals surface area contributed by atoms with Gasteiger partial charge in [0.1, 0.15) is 0 Å². The molecule has 0 radical (unpaired) electrons. The maximum absolute atomic E-state index is 12.5. The minimum Gasteiger partial charge on any atom is -0.465 e. The second-order valence-electron chi connectivity index (χ2n) is 7.14. The molecule has 0 atom stereocenters. The molecule has 1 aromatic carbocycles. The van der Waals surface area contributed by atoms with Gasteiger partial charge < -0.3 is 9.47 Å². The van der Waals surface area contributed by atoms with Gasteiger partial charge >= 0.3 is 11.9 Å². The second-order valence-corrected chi connectivity index (χ2v) is 7.14. The Bertz CT molecular complexity index is 627. The molecule has 4 heteroatoms. The number of hydrogen-bond donors (Lipinski definition) is 0. The van der Waals surface area contributed by atoms with Crippen molar-refractivity contribution in [2.24, 2.45) is 11.8 Å². The van der Waals surface area contributed by atoms with Crippen LogP contribution in [0.15, 0.2) is 0 Å². The summed E-state index contributed by atoms with van der Waals surface area (Å²) in [6, 6.07) is 0. The van der Waals surface area contributed by atoms with Crippen molar-refractivity contribution >= 4 is 11.9 Å². The summed E-state index contributed by atoms with van der Waals surface area (Å²) in [4.78, 5) is 24.9. The summed E-state index contributed by atoms with van der Waals surface area (Å²) >= 11 is 0. The third kappa shape index (κ3) is 4.16. The van der Waals surface area contributed by atoms with Gasteiger partial charge in [0.2, 0.25) is 0 Å². The van der Waals surface area contributed by atoms with E-state index < -0.39 is 11.9 Å². The van der Waals surface area contributed by atoms with Crippen LogP contribution in [0, 0.1) is 25.7 Å². The smallest absolute Gasteiger partial charge is 0.339 e. The fourth-order valence-corrected chi connectivity index (χ4v) is 3.13. The van der Waals surface area contributed by atoms with E-state index in [4.69, 9.17) is 9.47 Å². The molecule has 0 saturated heterocycles. The minimum absolute atomic E-state index is 0.338. The Labute approximate surface area is 145 Å². The van der Waals surface area contributed by atoms with Crippen LogP contribution < -0.4 is 0 Å². The Balaban J connectivity index is 3.89. The summed E-state index contributed by atoms with van der Waals surface area (Å²) in [6.07, 6.45) is 1.58. The van der Waals surface area contributed by atoms with E-state index >= 15 is 0 Å². The first-order valence-corrected chi connectivity index (χ1v) is 8.47. The highest BCUT2D eigenvalue weighted by Crippen LogP contribution is 2.32. The summed E-state index contributed by atoms with van der Waals surface area (Å²) in [5, 5.41) is 0. The van der Waals surface area contributed by atoms with Crippen LogP contribution in [0.25, 0.3) is 0 Å². The first-order valence-electron chi connectivity index (χ1n) is 8.47. The fourth-order valence-electron chi connectivity index (χ4n) is 3.13. The van der Waals surface area contributed by atoms with Gasteiger partial charge in [0.05, 0.1) is 25.3 Å². The third-order valence-electron chi connectivity index (χ3n) is 4.31. The van der Waals surface area contributed by atoms with Gasteiger partial charge in [-0.05, 0) is 60.8 Å². The SMILES string of the molecule is COC(=O)c1c(C)c(C)c(CC(C)C)c(CC(C)C)c1C(=O)OC. The molecule has 0 fully saturated rings. The van der Waals surface area contributed by atoms with Gasteiger partial charge in [-0.2, -0.15) is 0 Å². The normalized spacial score (nSPS) is 11.1. The van der Waals surface area contributed by atoms with Gasteiger partial charge in [-0.15, -0.1) is 0 Å². The summed E-state index contributed by atoms with van der Waals surface area (Å²) in [7, 11) is 2.68. The van der Waals surface area contributed by atoms with E-state index in [2.05, 4.69) is 27.7 Å². The van der Waals surface area contributed by atoms with Crippen molar-refractivity contribution in [3.8, 4) is 0 Å². The number of carbonyl (C=O) groups is 2. The molecule has 0 aromatic heterocycles. The molecular weight excluding hydrogens is 304 g/mol. The summed E-state index contributed by atoms with van der Waals surface area (Å²) in [5.74, 6) is -0.160. The van der Waals surface area contributed by atoms with E-state index in [9.17, 15) is 9.59 Å². The molecule has 0 N–H and O–H groups in total. The van der Waals surface area contributed by atoms with E-state index in [0.29, 0.717) is 23.0 Å². The summed E-state index contributed by atoms with van der Waals surface area (Å²) in [6.45, 7) is 12.4. The lowest BCUT2D eigenvalue weighted by Gasteiger charge is -2.24. The summed E-state index contributed by atoms with van der Waals surface area (Å²) < 4.78 is 9.94. The van der Waals surface area contributed by atoms with Crippen LogP contribution >= 0.6 is 0 Å². The van der Waals surface area contributed by atoms with Gasteiger partial charge in [0.15, 0.2) is 0 Å². The predicted octanol–water partition coefficient (Wildman–Crippen LogP) is 4.27. The Morgan fingerprint density at radius 3 is 1.58 bits per heavy atom. The molecule has 0 aliphatic heterocycles. The Morgan fingerprint density at radius 2 is 1.17 bits per heavy atom. The van der Waals surface area contributed by atoms with Crippen molar-refractivity contribution < 1.29 is 19.1 Å². The highest BCUT2D eigenvalue weighted by atomic mass is 16.5. The molecule has 0 aliphatic rings. The summed E-state index contributed by atoms with van der Waals surface area (Å²) in [5.41, 5.74) is 4.65. The quantitative estimate of drug-likeness (QED) is 0.729. The number of benzene rings is 1. The molecule has 24 heavy (non-hydrogen) atoms. The van der Waals surface area contributed by atoms with E-state index in [1.165, 1.54) is 14.2 Å². The molecule has 0 bridgehead atoms. The van der Waals surface area contributed by atoms with E-state index in [0.717, 1.165) is 35.1 Å². The Morgan fingerprint density at radius 1 is 0.750 bits per heavy atom. The van der Waals surface area contributed by atoms with Crippen LogP contribution in [0.2, 0.25) is 0 Å². The minimum atomic E-state index is -0.489. The molecular formula is C20H30O4. The number of rotatable bonds is 6. The second kappa shape index (κ2) is 8.32. The average Bonchev–Trinajstić information content (AvgIpc) is 2.51. The molecule has 0 amide bonds. The molecule has 1 rings (SSSR count). The number of carbonyl (C=O) groups excluding carboxylic acids is 2. The molecule has 1 aromatic rings.